The van der Waals surface area contributed by atoms with E-state index in [9.17, 15) is 9.90 Å². The van der Waals surface area contributed by atoms with Crippen molar-refractivity contribution in [3.63, 3.8) is 0 Å². The molecule has 1 fully saturated rings. The lowest BCUT2D eigenvalue weighted by Crippen LogP contribution is -2.48. The Balaban J connectivity index is 2.49. The van der Waals surface area contributed by atoms with Crippen LogP contribution in [0.25, 0.3) is 0 Å². The molecule has 23 heavy (non-hydrogen) atoms. The minimum Gasteiger partial charge on any atom is -0.444 e. The molecule has 1 rings (SSSR count). The predicted octanol–water partition coefficient (Wildman–Crippen LogP) is 3.31. The summed E-state index contributed by atoms with van der Waals surface area (Å²) in [6, 6.07) is 0.499. The van der Waals surface area contributed by atoms with Crippen molar-refractivity contribution < 1.29 is 14.6 Å². The van der Waals surface area contributed by atoms with E-state index in [1.165, 1.54) is 0 Å². The van der Waals surface area contributed by atoms with Crippen LogP contribution in [-0.2, 0) is 4.74 Å². The van der Waals surface area contributed by atoms with E-state index in [2.05, 4.69) is 19.2 Å². The molecular formula is C18H36N2O3. The van der Waals surface area contributed by atoms with Crippen molar-refractivity contribution in [2.24, 2.45) is 0 Å². The lowest BCUT2D eigenvalue weighted by molar-refractivity contribution is 0.00771. The molecule has 1 heterocycles. The zero-order valence-electron chi connectivity index (χ0n) is 15.6. The highest BCUT2D eigenvalue weighted by atomic mass is 16.6. The van der Waals surface area contributed by atoms with Crippen LogP contribution in [-0.4, -0.2) is 53.0 Å². The molecule has 0 aliphatic carbocycles. The van der Waals surface area contributed by atoms with Gasteiger partial charge in [-0.05, 0) is 59.8 Å². The van der Waals surface area contributed by atoms with Gasteiger partial charge < -0.3 is 20.1 Å². The predicted molar refractivity (Wildman–Crippen MR) is 93.6 cm³/mol. The van der Waals surface area contributed by atoms with Gasteiger partial charge in [-0.2, -0.15) is 0 Å². The number of aliphatic hydroxyl groups excluding tert-OH is 1. The molecule has 5 nitrogen and oxygen atoms in total. The van der Waals surface area contributed by atoms with E-state index in [-0.39, 0.29) is 24.3 Å². The highest BCUT2D eigenvalue weighted by Gasteiger charge is 2.31. The normalized spacial score (nSPS) is 21.8. The standard InChI is InChI=1S/C18H36N2O3/c1-6-9-16(21)13-19-14(2)12-15-10-7-8-11-20(15)17(22)23-18(3,4)5/h14-16,19,21H,6-13H2,1-5H3. The number of nitrogens with one attached hydrogen (secondary N) is 1. The molecule has 1 saturated heterocycles. The Bertz CT molecular complexity index is 355. The fourth-order valence-electron chi connectivity index (χ4n) is 3.07. The highest BCUT2D eigenvalue weighted by Crippen LogP contribution is 2.23. The molecule has 1 amide bonds. The Morgan fingerprint density at radius 1 is 1.39 bits per heavy atom. The van der Waals surface area contributed by atoms with Crippen LogP contribution >= 0.6 is 0 Å². The van der Waals surface area contributed by atoms with Gasteiger partial charge in [-0.15, -0.1) is 0 Å². The van der Waals surface area contributed by atoms with Crippen LogP contribution in [0.2, 0.25) is 0 Å². The molecule has 0 aromatic rings. The van der Waals surface area contributed by atoms with Gasteiger partial charge in [0.05, 0.1) is 6.10 Å². The first kappa shape index (κ1) is 20.2. The van der Waals surface area contributed by atoms with Crippen LogP contribution in [0.4, 0.5) is 4.79 Å². The third kappa shape index (κ3) is 8.02. The van der Waals surface area contributed by atoms with E-state index >= 15 is 0 Å². The number of nitrogens with zero attached hydrogens (tertiary/aromatic N) is 1. The number of piperidine rings is 1. The molecule has 5 heteroatoms. The van der Waals surface area contributed by atoms with E-state index in [0.717, 1.165) is 45.1 Å². The van der Waals surface area contributed by atoms with Gasteiger partial charge in [-0.3, -0.25) is 0 Å². The zero-order valence-corrected chi connectivity index (χ0v) is 15.6. The van der Waals surface area contributed by atoms with E-state index in [0.29, 0.717) is 6.54 Å². The van der Waals surface area contributed by atoms with Gasteiger partial charge in [0.2, 0.25) is 0 Å². The van der Waals surface area contributed by atoms with Gasteiger partial charge in [0.25, 0.3) is 0 Å². The molecule has 2 N–H and O–H groups in total. The van der Waals surface area contributed by atoms with Gasteiger partial charge in [0.1, 0.15) is 5.60 Å². The second-order valence-electron chi connectivity index (χ2n) is 7.81. The average Bonchev–Trinajstić information content (AvgIpc) is 2.44. The zero-order chi connectivity index (χ0) is 17.5. The molecular weight excluding hydrogens is 292 g/mol. The van der Waals surface area contributed by atoms with Crippen molar-refractivity contribution >= 4 is 6.09 Å². The molecule has 0 aromatic carbocycles. The molecule has 0 saturated carbocycles. The summed E-state index contributed by atoms with van der Waals surface area (Å²) in [7, 11) is 0. The van der Waals surface area contributed by atoms with Crippen molar-refractivity contribution in [3.05, 3.63) is 0 Å². The fourth-order valence-corrected chi connectivity index (χ4v) is 3.07. The van der Waals surface area contributed by atoms with E-state index in [4.69, 9.17) is 4.74 Å². The summed E-state index contributed by atoms with van der Waals surface area (Å²) in [5.74, 6) is 0. The molecule has 0 bridgehead atoms. The van der Waals surface area contributed by atoms with Gasteiger partial charge >= 0.3 is 6.09 Å². The smallest absolute Gasteiger partial charge is 0.410 e. The molecule has 0 spiro atoms. The maximum Gasteiger partial charge on any atom is 0.410 e. The number of likely N-dealkylation sites (tertiary alicyclic amines) is 1. The lowest BCUT2D eigenvalue weighted by Gasteiger charge is -2.38. The van der Waals surface area contributed by atoms with Crippen LogP contribution in [0.5, 0.6) is 0 Å². The van der Waals surface area contributed by atoms with Crippen LogP contribution in [0, 0.1) is 0 Å². The van der Waals surface area contributed by atoms with E-state index in [1.807, 2.05) is 25.7 Å². The first-order chi connectivity index (χ1) is 10.7. The number of carbonyl (C=O) groups is 1. The van der Waals surface area contributed by atoms with Crippen molar-refractivity contribution in [1.29, 1.82) is 0 Å². The minimum absolute atomic E-state index is 0.194. The van der Waals surface area contributed by atoms with Gasteiger partial charge in [-0.25, -0.2) is 4.79 Å². The Morgan fingerprint density at radius 3 is 2.70 bits per heavy atom. The summed E-state index contributed by atoms with van der Waals surface area (Å²) < 4.78 is 5.55. The van der Waals surface area contributed by atoms with Crippen LogP contribution in [0.1, 0.15) is 73.1 Å². The molecule has 3 atom stereocenters. The van der Waals surface area contributed by atoms with Crippen LogP contribution in [0.3, 0.4) is 0 Å². The summed E-state index contributed by atoms with van der Waals surface area (Å²) in [5.41, 5.74) is -0.451. The Labute approximate surface area is 141 Å². The average molecular weight is 328 g/mol. The largest absolute Gasteiger partial charge is 0.444 e. The Morgan fingerprint density at radius 2 is 2.09 bits per heavy atom. The molecule has 0 aromatic heterocycles. The monoisotopic (exact) mass is 328 g/mol. The quantitative estimate of drug-likeness (QED) is 0.753. The fraction of sp³-hybridized carbons (Fsp3) is 0.944. The van der Waals surface area contributed by atoms with Crippen molar-refractivity contribution in [2.75, 3.05) is 13.1 Å². The van der Waals surface area contributed by atoms with Crippen LogP contribution in [0.15, 0.2) is 0 Å². The molecule has 1 aliphatic rings. The number of rotatable bonds is 7. The van der Waals surface area contributed by atoms with Gasteiger partial charge in [0, 0.05) is 25.2 Å². The number of carbonyl (C=O) groups excluding carboxylic acids is 1. The summed E-state index contributed by atoms with van der Waals surface area (Å²) in [4.78, 5) is 14.3. The summed E-state index contributed by atoms with van der Waals surface area (Å²) in [6.07, 6.45) is 5.48. The Kier molecular flexibility index (Phi) is 8.34. The topological polar surface area (TPSA) is 61.8 Å². The molecule has 1 aliphatic heterocycles. The maximum atomic E-state index is 12.4. The number of hydrogen-bond acceptors (Lipinski definition) is 4. The first-order valence-electron chi connectivity index (χ1n) is 9.14. The number of aliphatic hydroxyl groups is 1. The first-order valence-corrected chi connectivity index (χ1v) is 9.14. The van der Waals surface area contributed by atoms with Gasteiger partial charge in [0.15, 0.2) is 0 Å². The summed E-state index contributed by atoms with van der Waals surface area (Å²) in [5, 5.41) is 13.2. The number of ether oxygens (including phenoxy) is 1. The maximum absolute atomic E-state index is 12.4. The number of amides is 1. The molecule has 3 unspecified atom stereocenters. The summed E-state index contributed by atoms with van der Waals surface area (Å²) >= 11 is 0. The second kappa shape index (κ2) is 9.48. The third-order valence-corrected chi connectivity index (χ3v) is 4.20. The van der Waals surface area contributed by atoms with Crippen molar-refractivity contribution in [2.45, 2.75) is 96.9 Å². The molecule has 0 radical (unpaired) electrons. The van der Waals surface area contributed by atoms with Crippen LogP contribution < -0.4 is 5.32 Å². The van der Waals surface area contributed by atoms with Gasteiger partial charge in [-0.1, -0.05) is 13.3 Å². The second-order valence-corrected chi connectivity index (χ2v) is 7.81. The third-order valence-electron chi connectivity index (χ3n) is 4.20. The lowest BCUT2D eigenvalue weighted by atomic mass is 9.96. The van der Waals surface area contributed by atoms with E-state index in [1.54, 1.807) is 0 Å². The molecule has 136 valence electrons. The number of hydrogen-bond donors (Lipinski definition) is 2. The van der Waals surface area contributed by atoms with E-state index < -0.39 is 5.60 Å². The minimum atomic E-state index is -0.451. The van der Waals surface area contributed by atoms with Crippen molar-refractivity contribution in [1.82, 2.24) is 10.2 Å². The Hall–Kier alpha value is -0.810. The highest BCUT2D eigenvalue weighted by molar-refractivity contribution is 5.68. The SMILES string of the molecule is CCCC(O)CNC(C)CC1CCCCN1C(=O)OC(C)(C)C. The van der Waals surface area contributed by atoms with Crippen molar-refractivity contribution in [3.8, 4) is 0 Å². The summed E-state index contributed by atoms with van der Waals surface area (Å²) in [6.45, 7) is 11.3.